The number of nitrogens with one attached hydrogen (secondary N) is 2. The minimum atomic E-state index is -1.41. The van der Waals surface area contributed by atoms with Gasteiger partial charge in [0.15, 0.2) is 11.9 Å². The van der Waals surface area contributed by atoms with Gasteiger partial charge in [-0.05, 0) is 12.8 Å². The molecule has 0 spiro atoms. The Balaban J connectivity index is 2.52. The molecule has 124 valence electrons. The zero-order chi connectivity index (χ0) is 16.9. The van der Waals surface area contributed by atoms with Gasteiger partial charge in [0, 0.05) is 0 Å². The second-order valence-electron chi connectivity index (χ2n) is 5.20. The summed E-state index contributed by atoms with van der Waals surface area (Å²) in [6.07, 6.45) is -1.23. The second-order valence-corrected chi connectivity index (χ2v) is 5.20. The molecule has 1 heterocycles. The van der Waals surface area contributed by atoms with Gasteiger partial charge >= 0.3 is 12.0 Å². The van der Waals surface area contributed by atoms with E-state index < -0.39 is 24.1 Å². The molecule has 3 atom stereocenters. The van der Waals surface area contributed by atoms with Gasteiger partial charge in [0.2, 0.25) is 5.89 Å². The number of aliphatic carboxylic acids is 1. The maximum atomic E-state index is 11.6. The van der Waals surface area contributed by atoms with Crippen molar-refractivity contribution in [3.8, 4) is 0 Å². The molecule has 1 aromatic heterocycles. The molecule has 0 fully saturated rings. The first-order valence-corrected chi connectivity index (χ1v) is 6.75. The molecule has 1 rings (SSSR count). The molecule has 0 saturated heterocycles. The van der Waals surface area contributed by atoms with Gasteiger partial charge in [-0.2, -0.15) is 4.98 Å². The van der Waals surface area contributed by atoms with Crippen LogP contribution in [0.5, 0.6) is 0 Å². The first kappa shape index (κ1) is 17.9. The number of nitrogens with two attached hydrogens (primary N) is 1. The Labute approximate surface area is 127 Å². The van der Waals surface area contributed by atoms with E-state index >= 15 is 0 Å². The van der Waals surface area contributed by atoms with E-state index in [1.54, 1.807) is 0 Å². The molecule has 6 N–H and O–H groups in total. The number of carboxylic acids is 1. The van der Waals surface area contributed by atoms with Crippen molar-refractivity contribution >= 4 is 12.0 Å². The van der Waals surface area contributed by atoms with Gasteiger partial charge in [0.05, 0.1) is 18.7 Å². The first-order chi connectivity index (χ1) is 10.2. The predicted octanol–water partition coefficient (Wildman–Crippen LogP) is -0.641. The fourth-order valence-corrected chi connectivity index (χ4v) is 1.51. The molecule has 10 nitrogen and oxygen atoms in total. The van der Waals surface area contributed by atoms with Crippen LogP contribution < -0.4 is 16.4 Å². The zero-order valence-corrected chi connectivity index (χ0v) is 12.6. The number of aliphatic hydroxyl groups is 1. The highest BCUT2D eigenvalue weighted by Crippen LogP contribution is 2.15. The van der Waals surface area contributed by atoms with Crippen molar-refractivity contribution < 1.29 is 24.3 Å². The molecule has 2 amide bonds. The van der Waals surface area contributed by atoms with Crippen LogP contribution in [0.15, 0.2) is 4.52 Å². The average molecular weight is 315 g/mol. The smallest absolute Gasteiger partial charge is 0.328 e. The molecule has 0 aliphatic heterocycles. The fourth-order valence-electron chi connectivity index (χ4n) is 1.51. The second kappa shape index (κ2) is 7.71. The van der Waals surface area contributed by atoms with Crippen molar-refractivity contribution in [2.45, 2.75) is 45.5 Å². The highest BCUT2D eigenvalue weighted by atomic mass is 16.5. The minimum absolute atomic E-state index is 0.0875. The van der Waals surface area contributed by atoms with Crippen LogP contribution in [0.3, 0.4) is 0 Å². The lowest BCUT2D eigenvalue weighted by atomic mass is 10.1. The van der Waals surface area contributed by atoms with E-state index in [-0.39, 0.29) is 24.4 Å². The number of nitrogens with zero attached hydrogens (tertiary/aromatic N) is 2. The lowest BCUT2D eigenvalue weighted by molar-refractivity contribution is -0.141. The quantitative estimate of drug-likeness (QED) is 0.443. The molecule has 10 heteroatoms. The number of hydrogen-bond acceptors (Lipinski definition) is 7. The number of aliphatic hydroxyl groups excluding tert-OH is 1. The number of urea groups is 1. The Morgan fingerprint density at radius 1 is 1.36 bits per heavy atom. The van der Waals surface area contributed by atoms with Gasteiger partial charge in [-0.3, -0.25) is 0 Å². The molecule has 1 unspecified atom stereocenters. The Morgan fingerprint density at radius 2 is 2.00 bits per heavy atom. The van der Waals surface area contributed by atoms with Gasteiger partial charge in [0.25, 0.3) is 0 Å². The third-order valence-corrected chi connectivity index (χ3v) is 2.94. The van der Waals surface area contributed by atoms with Crippen LogP contribution in [0.1, 0.15) is 38.5 Å². The molecular weight excluding hydrogens is 294 g/mol. The van der Waals surface area contributed by atoms with E-state index in [1.807, 2.05) is 13.8 Å². The number of hydrogen-bond donors (Lipinski definition) is 5. The Morgan fingerprint density at radius 3 is 2.50 bits per heavy atom. The van der Waals surface area contributed by atoms with Crippen LogP contribution in [0, 0.1) is 5.92 Å². The van der Waals surface area contributed by atoms with E-state index in [0.717, 1.165) is 0 Å². The third-order valence-electron chi connectivity index (χ3n) is 2.94. The number of carbonyl (C=O) groups is 2. The molecule has 0 bridgehead atoms. The van der Waals surface area contributed by atoms with Crippen LogP contribution in [-0.4, -0.2) is 44.5 Å². The zero-order valence-electron chi connectivity index (χ0n) is 12.6. The van der Waals surface area contributed by atoms with Crippen molar-refractivity contribution in [3.05, 3.63) is 11.7 Å². The monoisotopic (exact) mass is 315 g/mol. The Bertz CT molecular complexity index is 516. The van der Waals surface area contributed by atoms with Crippen LogP contribution in [0.2, 0.25) is 0 Å². The van der Waals surface area contributed by atoms with E-state index in [9.17, 15) is 14.7 Å². The maximum absolute atomic E-state index is 11.6. The molecule has 0 saturated carbocycles. The highest BCUT2D eigenvalue weighted by Gasteiger charge is 2.25. The SMILES string of the molecule is CC(O)[C@H](NC(=O)NCc1nc([C@@H](N)C(C)C)no1)C(=O)O. The summed E-state index contributed by atoms with van der Waals surface area (Å²) in [5.41, 5.74) is 5.86. The predicted molar refractivity (Wildman–Crippen MR) is 74.5 cm³/mol. The van der Waals surface area contributed by atoms with Crippen molar-refractivity contribution in [2.75, 3.05) is 0 Å². The molecule has 0 aliphatic carbocycles. The summed E-state index contributed by atoms with van der Waals surface area (Å²) in [5, 5.41) is 26.3. The van der Waals surface area contributed by atoms with Crippen LogP contribution in [0.25, 0.3) is 0 Å². The number of amides is 2. The van der Waals surface area contributed by atoms with Gasteiger partial charge in [-0.15, -0.1) is 0 Å². The van der Waals surface area contributed by atoms with Crippen molar-refractivity contribution in [1.29, 1.82) is 0 Å². The van der Waals surface area contributed by atoms with Gasteiger partial charge in [0.1, 0.15) is 0 Å². The van der Waals surface area contributed by atoms with Crippen LogP contribution in [-0.2, 0) is 11.3 Å². The maximum Gasteiger partial charge on any atom is 0.328 e. The number of rotatable bonds is 7. The van der Waals surface area contributed by atoms with Gasteiger partial charge < -0.3 is 31.1 Å². The fraction of sp³-hybridized carbons (Fsp3) is 0.667. The summed E-state index contributed by atoms with van der Waals surface area (Å²) in [6, 6.07) is -2.56. The van der Waals surface area contributed by atoms with Crippen molar-refractivity contribution in [2.24, 2.45) is 11.7 Å². The molecular formula is C12H21N5O5. The third kappa shape index (κ3) is 4.97. The molecule has 22 heavy (non-hydrogen) atoms. The summed E-state index contributed by atoms with van der Waals surface area (Å²) in [5.74, 6) is -0.734. The summed E-state index contributed by atoms with van der Waals surface area (Å²) >= 11 is 0. The van der Waals surface area contributed by atoms with Gasteiger partial charge in [-0.25, -0.2) is 9.59 Å². The first-order valence-electron chi connectivity index (χ1n) is 6.75. The van der Waals surface area contributed by atoms with Crippen molar-refractivity contribution in [1.82, 2.24) is 20.8 Å². The average Bonchev–Trinajstić information content (AvgIpc) is 2.89. The molecule has 0 radical (unpaired) electrons. The van der Waals surface area contributed by atoms with Crippen LogP contribution in [0.4, 0.5) is 4.79 Å². The molecule has 1 aromatic rings. The topological polar surface area (TPSA) is 164 Å². The largest absolute Gasteiger partial charge is 0.480 e. The normalized spacial score (nSPS) is 15.2. The van der Waals surface area contributed by atoms with Gasteiger partial charge in [-0.1, -0.05) is 19.0 Å². The lowest BCUT2D eigenvalue weighted by Gasteiger charge is -2.16. The van der Waals surface area contributed by atoms with Crippen LogP contribution >= 0.6 is 0 Å². The number of aromatic nitrogens is 2. The Hall–Kier alpha value is -2.20. The molecule has 0 aliphatic rings. The summed E-state index contributed by atoms with van der Waals surface area (Å²) in [6.45, 7) is 5.00. The number of carbonyl (C=O) groups excluding carboxylic acids is 1. The minimum Gasteiger partial charge on any atom is -0.480 e. The van der Waals surface area contributed by atoms with E-state index in [1.165, 1.54) is 6.92 Å². The van der Waals surface area contributed by atoms with E-state index in [2.05, 4.69) is 20.8 Å². The molecule has 0 aromatic carbocycles. The van der Waals surface area contributed by atoms with Crippen molar-refractivity contribution in [3.63, 3.8) is 0 Å². The van der Waals surface area contributed by atoms with E-state index in [4.69, 9.17) is 15.4 Å². The Kier molecular flexibility index (Phi) is 6.25. The standard InChI is InChI=1S/C12H21N5O5/c1-5(2)8(13)10-15-7(22-17-10)4-14-12(21)16-9(6(3)18)11(19)20/h5-6,8-9,18H,4,13H2,1-3H3,(H,19,20)(H2,14,16,21)/t6?,8-,9-/m0/s1. The summed E-state index contributed by atoms with van der Waals surface area (Å²) < 4.78 is 4.94. The summed E-state index contributed by atoms with van der Waals surface area (Å²) in [4.78, 5) is 26.5. The lowest BCUT2D eigenvalue weighted by Crippen LogP contribution is -2.51. The number of carboxylic acid groups (broad SMARTS) is 1. The summed E-state index contributed by atoms with van der Waals surface area (Å²) in [7, 11) is 0. The highest BCUT2D eigenvalue weighted by molar-refractivity contribution is 5.82. The van der Waals surface area contributed by atoms with E-state index in [0.29, 0.717) is 5.82 Å².